The first-order valence-electron chi connectivity index (χ1n) is 5.89. The number of hydrogen-bond donors (Lipinski definition) is 2. The number of para-hydroxylation sites is 2. The second kappa shape index (κ2) is 5.36. The normalized spacial score (nSPS) is 11.8. The summed E-state index contributed by atoms with van der Waals surface area (Å²) in [6.45, 7) is 1.81. The molecule has 0 saturated carbocycles. The molecular weight excluding hydrogens is 224 g/mol. The van der Waals surface area contributed by atoms with Gasteiger partial charge in [0.25, 0.3) is 0 Å². The average molecular weight is 240 g/mol. The predicted molar refractivity (Wildman–Crippen MR) is 73.8 cm³/mol. The molecular formula is C15H16N2O. The zero-order valence-corrected chi connectivity index (χ0v) is 10.3. The Morgan fingerprint density at radius 2 is 1.67 bits per heavy atom. The van der Waals surface area contributed by atoms with Crippen molar-refractivity contribution in [2.75, 3.05) is 5.32 Å². The van der Waals surface area contributed by atoms with E-state index in [-0.39, 0.29) is 11.8 Å². The van der Waals surface area contributed by atoms with Gasteiger partial charge in [-0.2, -0.15) is 0 Å². The Bertz CT molecular complexity index is 537. The maximum absolute atomic E-state index is 11.3. The van der Waals surface area contributed by atoms with Crippen LogP contribution in [0.2, 0.25) is 0 Å². The van der Waals surface area contributed by atoms with Gasteiger partial charge < -0.3 is 11.1 Å². The third-order valence-electron chi connectivity index (χ3n) is 2.91. The minimum atomic E-state index is -0.322. The maximum Gasteiger partial charge on any atom is 0.224 e. The summed E-state index contributed by atoms with van der Waals surface area (Å²) < 4.78 is 0. The molecule has 3 nitrogen and oxygen atoms in total. The van der Waals surface area contributed by atoms with Gasteiger partial charge in [-0.05, 0) is 30.7 Å². The van der Waals surface area contributed by atoms with Crippen LogP contribution in [0.5, 0.6) is 0 Å². The van der Waals surface area contributed by atoms with Crippen molar-refractivity contribution in [2.24, 2.45) is 5.73 Å². The van der Waals surface area contributed by atoms with Crippen LogP contribution in [0.25, 0.3) is 0 Å². The number of nitrogens with two attached hydrogens (primary N) is 1. The first kappa shape index (κ1) is 12.2. The molecule has 2 rings (SSSR count). The topological polar surface area (TPSA) is 55.1 Å². The van der Waals surface area contributed by atoms with E-state index in [1.54, 1.807) is 0 Å². The highest BCUT2D eigenvalue weighted by Gasteiger charge is 2.15. The molecule has 0 bridgehead atoms. The van der Waals surface area contributed by atoms with Crippen LogP contribution in [0, 0.1) is 0 Å². The zero-order chi connectivity index (χ0) is 13.0. The second-order valence-electron chi connectivity index (χ2n) is 4.20. The molecule has 2 aromatic rings. The number of benzene rings is 2. The van der Waals surface area contributed by atoms with Crippen LogP contribution < -0.4 is 11.1 Å². The van der Waals surface area contributed by atoms with Gasteiger partial charge in [0, 0.05) is 11.4 Å². The Morgan fingerprint density at radius 1 is 1.06 bits per heavy atom. The van der Waals surface area contributed by atoms with Crippen molar-refractivity contribution in [2.45, 2.75) is 12.8 Å². The number of anilines is 2. The highest BCUT2D eigenvalue weighted by atomic mass is 16.1. The summed E-state index contributed by atoms with van der Waals surface area (Å²) in [5.74, 6) is -0.630. The first-order valence-corrected chi connectivity index (χ1v) is 5.89. The van der Waals surface area contributed by atoms with E-state index < -0.39 is 0 Å². The fourth-order valence-corrected chi connectivity index (χ4v) is 1.82. The standard InChI is InChI=1S/C15H16N2O/c1-11(15(16)18)13-9-5-6-10-14(13)17-12-7-3-2-4-8-12/h2-11,17H,1H3,(H2,16,18). The van der Waals surface area contributed by atoms with Gasteiger partial charge >= 0.3 is 0 Å². The van der Waals surface area contributed by atoms with Crippen LogP contribution in [0.1, 0.15) is 18.4 Å². The van der Waals surface area contributed by atoms with E-state index in [0.717, 1.165) is 16.9 Å². The summed E-state index contributed by atoms with van der Waals surface area (Å²) in [7, 11) is 0. The van der Waals surface area contributed by atoms with Crippen LogP contribution in [0.15, 0.2) is 54.6 Å². The average Bonchev–Trinajstić information content (AvgIpc) is 2.39. The molecule has 1 atom stereocenters. The van der Waals surface area contributed by atoms with Crippen molar-refractivity contribution in [1.29, 1.82) is 0 Å². The molecule has 18 heavy (non-hydrogen) atoms. The fraction of sp³-hybridized carbons (Fsp3) is 0.133. The van der Waals surface area contributed by atoms with E-state index in [0.29, 0.717) is 0 Å². The molecule has 3 N–H and O–H groups in total. The van der Waals surface area contributed by atoms with Gasteiger partial charge in [-0.25, -0.2) is 0 Å². The molecule has 2 aromatic carbocycles. The quantitative estimate of drug-likeness (QED) is 0.863. The third kappa shape index (κ3) is 2.69. The summed E-state index contributed by atoms with van der Waals surface area (Å²) in [5, 5.41) is 3.30. The molecule has 1 amide bonds. The molecule has 0 saturated heterocycles. The molecule has 0 spiro atoms. The van der Waals surface area contributed by atoms with Gasteiger partial charge in [-0.3, -0.25) is 4.79 Å². The van der Waals surface area contributed by atoms with Gasteiger partial charge in [0.2, 0.25) is 5.91 Å². The maximum atomic E-state index is 11.3. The van der Waals surface area contributed by atoms with Crippen LogP contribution >= 0.6 is 0 Å². The SMILES string of the molecule is CC(C(N)=O)c1ccccc1Nc1ccccc1. The summed E-state index contributed by atoms with van der Waals surface area (Å²) in [4.78, 5) is 11.3. The van der Waals surface area contributed by atoms with Crippen molar-refractivity contribution in [3.05, 3.63) is 60.2 Å². The first-order chi connectivity index (χ1) is 8.68. The van der Waals surface area contributed by atoms with Crippen molar-refractivity contribution < 1.29 is 4.79 Å². The number of rotatable bonds is 4. The number of nitrogens with one attached hydrogen (secondary N) is 1. The molecule has 0 radical (unpaired) electrons. The molecule has 0 fully saturated rings. The lowest BCUT2D eigenvalue weighted by Gasteiger charge is -2.15. The molecule has 3 heteroatoms. The molecule has 0 aliphatic rings. The van der Waals surface area contributed by atoms with Crippen molar-refractivity contribution >= 4 is 17.3 Å². The Morgan fingerprint density at radius 3 is 2.33 bits per heavy atom. The van der Waals surface area contributed by atoms with Gasteiger partial charge in [-0.15, -0.1) is 0 Å². The summed E-state index contributed by atoms with van der Waals surface area (Å²) in [6, 6.07) is 17.5. The number of amides is 1. The Kier molecular flexibility index (Phi) is 3.63. The highest BCUT2D eigenvalue weighted by molar-refractivity contribution is 5.84. The molecule has 0 aliphatic carbocycles. The minimum absolute atomic E-state index is 0.308. The van der Waals surface area contributed by atoms with Crippen molar-refractivity contribution in [3.63, 3.8) is 0 Å². The zero-order valence-electron chi connectivity index (χ0n) is 10.3. The lowest BCUT2D eigenvalue weighted by molar-refractivity contribution is -0.119. The summed E-state index contributed by atoms with van der Waals surface area (Å²) in [6.07, 6.45) is 0. The molecule has 0 aliphatic heterocycles. The summed E-state index contributed by atoms with van der Waals surface area (Å²) in [5.41, 5.74) is 8.17. The lowest BCUT2D eigenvalue weighted by Crippen LogP contribution is -2.19. The van der Waals surface area contributed by atoms with E-state index >= 15 is 0 Å². The number of carbonyl (C=O) groups excluding carboxylic acids is 1. The minimum Gasteiger partial charge on any atom is -0.369 e. The number of hydrogen-bond acceptors (Lipinski definition) is 2. The largest absolute Gasteiger partial charge is 0.369 e. The smallest absolute Gasteiger partial charge is 0.224 e. The second-order valence-corrected chi connectivity index (χ2v) is 4.20. The monoisotopic (exact) mass is 240 g/mol. The highest BCUT2D eigenvalue weighted by Crippen LogP contribution is 2.26. The van der Waals surface area contributed by atoms with Gasteiger partial charge in [0.05, 0.1) is 5.92 Å². The van der Waals surface area contributed by atoms with Gasteiger partial charge in [0.1, 0.15) is 0 Å². The lowest BCUT2D eigenvalue weighted by atomic mass is 9.98. The van der Waals surface area contributed by atoms with Crippen LogP contribution in [-0.2, 0) is 4.79 Å². The van der Waals surface area contributed by atoms with Crippen molar-refractivity contribution in [1.82, 2.24) is 0 Å². The Labute approximate surface area is 107 Å². The number of primary amides is 1. The van der Waals surface area contributed by atoms with E-state index in [2.05, 4.69) is 5.32 Å². The van der Waals surface area contributed by atoms with E-state index in [1.807, 2.05) is 61.5 Å². The van der Waals surface area contributed by atoms with Crippen LogP contribution in [-0.4, -0.2) is 5.91 Å². The Balaban J connectivity index is 2.31. The van der Waals surface area contributed by atoms with E-state index in [1.165, 1.54) is 0 Å². The molecule has 92 valence electrons. The Hall–Kier alpha value is -2.29. The van der Waals surface area contributed by atoms with Gasteiger partial charge in [-0.1, -0.05) is 36.4 Å². The molecule has 0 aromatic heterocycles. The molecule has 0 heterocycles. The van der Waals surface area contributed by atoms with E-state index in [4.69, 9.17) is 5.73 Å². The van der Waals surface area contributed by atoms with E-state index in [9.17, 15) is 4.79 Å². The molecule has 1 unspecified atom stereocenters. The van der Waals surface area contributed by atoms with Crippen molar-refractivity contribution in [3.8, 4) is 0 Å². The number of carbonyl (C=O) groups is 1. The third-order valence-corrected chi connectivity index (χ3v) is 2.91. The van der Waals surface area contributed by atoms with Crippen LogP contribution in [0.3, 0.4) is 0 Å². The summed E-state index contributed by atoms with van der Waals surface area (Å²) >= 11 is 0. The fourth-order valence-electron chi connectivity index (χ4n) is 1.82. The van der Waals surface area contributed by atoms with Gasteiger partial charge in [0.15, 0.2) is 0 Å². The predicted octanol–water partition coefficient (Wildman–Crippen LogP) is 3.02. The van der Waals surface area contributed by atoms with Crippen LogP contribution in [0.4, 0.5) is 11.4 Å².